The van der Waals surface area contributed by atoms with Gasteiger partial charge >= 0.3 is 26.2 Å². The van der Waals surface area contributed by atoms with Crippen LogP contribution in [0.3, 0.4) is 0 Å². The van der Waals surface area contributed by atoms with Crippen LogP contribution in [-0.2, 0) is 55.1 Å². The largest absolute Gasteiger partial charge is 0.481 e. The Morgan fingerprint density at radius 1 is 0.935 bits per heavy atom. The quantitative estimate of drug-likeness (QED) is 0.103. The Bertz CT molecular complexity index is 1820. The molecule has 0 radical (unpaired) electrons. The maximum Gasteiger partial charge on any atom is 0.481 e. The predicted octanol–water partition coefficient (Wildman–Crippen LogP) is 8.70. The maximum atomic E-state index is 13.3. The lowest BCUT2D eigenvalue weighted by Crippen LogP contribution is -2.65. The van der Waals surface area contributed by atoms with Gasteiger partial charge in [-0.15, -0.1) is 22.7 Å². The molecule has 2 aromatic rings. The molecule has 3 aliphatic carbocycles. The van der Waals surface area contributed by atoms with Gasteiger partial charge in [-0.2, -0.15) is 0 Å². The SMILES string of the molecule is CC(C)(C)OC(=O)C[C@H](CC[C@H](NC(=O)Cc1cccs1)B1O[C@@H]2C[C@@H]3C[C@@H](C3(C)C)[C@]2(C)O1)O[Si](C)(C)C(C)(C)C.O=C(O)C[C@@H]1CC[C@H](CC(=O)Cc2cccs2)B(O)O1. The Labute approximate surface area is 379 Å². The van der Waals surface area contributed by atoms with Gasteiger partial charge in [0.25, 0.3) is 0 Å². The van der Waals surface area contributed by atoms with Crippen molar-refractivity contribution in [3.8, 4) is 0 Å². The molecular weight excluding hydrogens is 844 g/mol. The van der Waals surface area contributed by atoms with Crippen molar-refractivity contribution in [1.82, 2.24) is 5.32 Å². The molecule has 0 unspecified atom stereocenters. The van der Waals surface area contributed by atoms with Crippen LogP contribution in [0.2, 0.25) is 23.9 Å². The molecule has 0 spiro atoms. The van der Waals surface area contributed by atoms with Gasteiger partial charge < -0.3 is 38.6 Å². The molecule has 7 rings (SSSR count). The highest BCUT2D eigenvalue weighted by Crippen LogP contribution is 2.65. The van der Waals surface area contributed by atoms with Crippen molar-refractivity contribution < 1.29 is 52.4 Å². The van der Waals surface area contributed by atoms with E-state index >= 15 is 0 Å². The summed E-state index contributed by atoms with van der Waals surface area (Å²) >= 11 is 3.12. The van der Waals surface area contributed by atoms with Crippen LogP contribution in [0.25, 0.3) is 0 Å². The van der Waals surface area contributed by atoms with Gasteiger partial charge in [0.2, 0.25) is 5.91 Å². The summed E-state index contributed by atoms with van der Waals surface area (Å²) in [7, 11) is -3.77. The molecule has 2 saturated heterocycles. The number of carboxylic acids is 1. The number of amides is 1. The number of aliphatic carboxylic acids is 1. The molecule has 5 fully saturated rings. The summed E-state index contributed by atoms with van der Waals surface area (Å²) < 4.78 is 31.2. The summed E-state index contributed by atoms with van der Waals surface area (Å²) in [6.45, 7) is 23.6. The second kappa shape index (κ2) is 20.4. The van der Waals surface area contributed by atoms with Crippen LogP contribution >= 0.6 is 22.7 Å². The molecule has 3 saturated carbocycles. The fourth-order valence-electron chi connectivity index (χ4n) is 9.35. The molecule has 344 valence electrons. The number of carboxylic acid groups (broad SMARTS) is 1. The molecule has 4 heterocycles. The van der Waals surface area contributed by atoms with Crippen molar-refractivity contribution in [3.63, 3.8) is 0 Å². The number of thiophene rings is 2. The van der Waals surface area contributed by atoms with E-state index in [1.807, 2.05) is 55.8 Å². The average molecular weight is 916 g/mol. The predicted molar refractivity (Wildman–Crippen MR) is 248 cm³/mol. The van der Waals surface area contributed by atoms with Crippen molar-refractivity contribution in [2.45, 2.75) is 192 Å². The first-order chi connectivity index (χ1) is 28.8. The van der Waals surface area contributed by atoms with Gasteiger partial charge in [0.05, 0.1) is 49.1 Å². The van der Waals surface area contributed by atoms with Gasteiger partial charge in [0, 0.05) is 28.4 Å². The van der Waals surface area contributed by atoms with Gasteiger partial charge in [-0.1, -0.05) is 46.8 Å². The van der Waals surface area contributed by atoms with Crippen LogP contribution in [-0.4, -0.2) is 91.8 Å². The number of ketones is 1. The topological polar surface area (TPSA) is 167 Å². The molecule has 17 heteroatoms. The summed E-state index contributed by atoms with van der Waals surface area (Å²) in [4.78, 5) is 50.8. The first-order valence-electron chi connectivity index (χ1n) is 22.4. The van der Waals surface area contributed by atoms with Crippen molar-refractivity contribution in [1.29, 1.82) is 0 Å². The number of hydrogen-bond donors (Lipinski definition) is 3. The third-order valence-electron chi connectivity index (χ3n) is 13.9. The van der Waals surface area contributed by atoms with E-state index in [0.717, 1.165) is 16.2 Å². The van der Waals surface area contributed by atoms with Crippen molar-refractivity contribution in [2.24, 2.45) is 17.3 Å². The van der Waals surface area contributed by atoms with E-state index in [1.54, 1.807) is 22.7 Å². The fraction of sp³-hybridized carbons (Fsp3) is 0.733. The first kappa shape index (κ1) is 50.6. The van der Waals surface area contributed by atoms with Crippen LogP contribution < -0.4 is 5.32 Å². The van der Waals surface area contributed by atoms with E-state index in [1.165, 1.54) is 6.42 Å². The lowest BCUT2D eigenvalue weighted by atomic mass is 9.43. The highest BCUT2D eigenvalue weighted by Gasteiger charge is 2.68. The molecule has 1 amide bonds. The zero-order valence-corrected chi connectivity index (χ0v) is 41.5. The lowest BCUT2D eigenvalue weighted by Gasteiger charge is -2.64. The van der Waals surface area contributed by atoms with E-state index in [-0.39, 0.29) is 76.9 Å². The highest BCUT2D eigenvalue weighted by atomic mass is 32.1. The molecule has 2 bridgehead atoms. The molecule has 2 aliphatic heterocycles. The number of ether oxygens (including phenoxy) is 1. The Morgan fingerprint density at radius 2 is 1.58 bits per heavy atom. The molecule has 0 aromatic carbocycles. The maximum absolute atomic E-state index is 13.3. The van der Waals surface area contributed by atoms with E-state index in [9.17, 15) is 24.2 Å². The monoisotopic (exact) mass is 915 g/mol. The minimum Gasteiger partial charge on any atom is -0.481 e. The van der Waals surface area contributed by atoms with E-state index < -0.39 is 40.2 Å². The fourth-order valence-corrected chi connectivity index (χ4v) is 12.2. The summed E-state index contributed by atoms with van der Waals surface area (Å²) in [6.07, 6.45) is 4.80. The molecular formula is C45H71B2NO11S2Si. The standard InChI is InChI=1S/C32H54BNO6SSi.C13H17BO5S/c1-29(2,3)37-28(36)19-22(39-42(10,11)30(4,5)6)14-15-26(34-27(35)20-23-13-12-16-41-23)33-38-25-18-21-17-24(31(21,7)8)32(25,9)40-33;15-10(7-12-2-1-5-20-12)6-9-3-4-11(8-13(16)17)19-14(9)18/h12-13,16,21-22,24-26H,14-15,17-20H2,1-11H3,(H,34,35);1-2,5,9,11,18H,3-4,6-8H2,(H,16,17)/t21-,22-,24-,25+,26-,32-;9-,11+/m01/s1. The zero-order valence-electron chi connectivity index (χ0n) is 38.8. The first-order valence-corrected chi connectivity index (χ1v) is 27.1. The number of Topliss-reactive ketones (excluding diaryl/α,β-unsaturated/α-hetero) is 1. The van der Waals surface area contributed by atoms with Crippen molar-refractivity contribution >= 4 is 68.9 Å². The second-order valence-electron chi connectivity index (χ2n) is 21.2. The molecule has 3 N–H and O–H groups in total. The molecule has 5 aliphatic rings. The van der Waals surface area contributed by atoms with Crippen molar-refractivity contribution in [3.05, 3.63) is 44.8 Å². The normalized spacial score (nSPS) is 26.6. The molecule has 62 heavy (non-hydrogen) atoms. The number of hydrogen-bond acceptors (Lipinski definition) is 12. The molecule has 2 aromatic heterocycles. The highest BCUT2D eigenvalue weighted by molar-refractivity contribution is 7.10. The number of rotatable bonds is 17. The van der Waals surface area contributed by atoms with Gasteiger partial charge in [-0.05, 0) is 124 Å². The van der Waals surface area contributed by atoms with E-state index in [0.29, 0.717) is 50.4 Å². The Morgan fingerprint density at radius 3 is 2.13 bits per heavy atom. The minimum atomic E-state index is -2.19. The third kappa shape index (κ3) is 13.4. The van der Waals surface area contributed by atoms with Crippen LogP contribution in [0.1, 0.15) is 130 Å². The second-order valence-corrected chi connectivity index (χ2v) is 28.0. The Balaban J connectivity index is 0.000000302. The van der Waals surface area contributed by atoms with E-state index in [4.69, 9.17) is 28.2 Å². The number of carbonyl (C=O) groups is 4. The van der Waals surface area contributed by atoms with Crippen LogP contribution in [0, 0.1) is 17.3 Å². The summed E-state index contributed by atoms with van der Waals surface area (Å²) in [6, 6.07) is 7.77. The van der Waals surface area contributed by atoms with Gasteiger partial charge in [-0.3, -0.25) is 19.2 Å². The summed E-state index contributed by atoms with van der Waals surface area (Å²) in [5.74, 6) is -0.677. The van der Waals surface area contributed by atoms with Crippen LogP contribution in [0.4, 0.5) is 0 Å². The van der Waals surface area contributed by atoms with Gasteiger partial charge in [0.15, 0.2) is 8.32 Å². The lowest BCUT2D eigenvalue weighted by molar-refractivity contribution is -0.199. The summed E-state index contributed by atoms with van der Waals surface area (Å²) in [5.41, 5.74) is -0.702. The Hall–Kier alpha value is -2.37. The Kier molecular flexibility index (Phi) is 16.7. The van der Waals surface area contributed by atoms with Crippen molar-refractivity contribution in [2.75, 3.05) is 0 Å². The number of esters is 1. The third-order valence-corrected chi connectivity index (χ3v) is 20.2. The van der Waals surface area contributed by atoms with E-state index in [2.05, 4.69) is 60.0 Å². The van der Waals surface area contributed by atoms with Crippen LogP contribution in [0.5, 0.6) is 0 Å². The molecule has 12 nitrogen and oxygen atoms in total. The van der Waals surface area contributed by atoms with Crippen LogP contribution in [0.15, 0.2) is 35.0 Å². The van der Waals surface area contributed by atoms with Gasteiger partial charge in [0.1, 0.15) is 11.4 Å². The van der Waals surface area contributed by atoms with Gasteiger partial charge in [-0.25, -0.2) is 0 Å². The average Bonchev–Trinajstić information content (AvgIpc) is 3.91. The minimum absolute atomic E-state index is 0.0108. The smallest absolute Gasteiger partial charge is 0.481 e. The summed E-state index contributed by atoms with van der Waals surface area (Å²) in [5, 5.41) is 25.7. The number of nitrogens with one attached hydrogen (secondary N) is 1. The molecule has 8 atom stereocenters. The zero-order chi connectivity index (χ0) is 45.8. The number of carbonyl (C=O) groups excluding carboxylic acids is 3.